The quantitative estimate of drug-likeness (QED) is 0.351. The van der Waals surface area contributed by atoms with E-state index in [4.69, 9.17) is 0 Å². The van der Waals surface area contributed by atoms with E-state index in [1.165, 1.54) is 45.5 Å². The first-order valence-electron chi connectivity index (χ1n) is 11.0. The SMILES string of the molecule is Cc1nc2ccc3nc(NC(=O)c4ccc(S(=O)(=O)N5CCc6ccccc6C5)cc4)sc3c2s1. The molecule has 1 amide bonds. The maximum Gasteiger partial charge on any atom is 0.257 e. The minimum Gasteiger partial charge on any atom is -0.298 e. The molecule has 0 fully saturated rings. The van der Waals surface area contributed by atoms with E-state index in [0.717, 1.165) is 31.0 Å². The van der Waals surface area contributed by atoms with Gasteiger partial charge < -0.3 is 0 Å². The number of carbonyl (C=O) groups excluding carboxylic acids is 1. The lowest BCUT2D eigenvalue weighted by Gasteiger charge is -2.28. The van der Waals surface area contributed by atoms with Crippen LogP contribution in [0.2, 0.25) is 0 Å². The van der Waals surface area contributed by atoms with Gasteiger partial charge in [-0.25, -0.2) is 18.4 Å². The third-order valence-electron chi connectivity index (χ3n) is 6.09. The Morgan fingerprint density at radius 2 is 1.60 bits per heavy atom. The van der Waals surface area contributed by atoms with Crippen molar-refractivity contribution in [3.8, 4) is 0 Å². The fraction of sp³-hybridized carbons (Fsp3) is 0.160. The molecule has 1 aliphatic heterocycles. The Bertz CT molecular complexity index is 1710. The number of rotatable bonds is 4. The number of hydrogen-bond donors (Lipinski definition) is 1. The topological polar surface area (TPSA) is 92.3 Å². The molecule has 0 bridgehead atoms. The molecule has 35 heavy (non-hydrogen) atoms. The van der Waals surface area contributed by atoms with Crippen molar-refractivity contribution < 1.29 is 13.2 Å². The van der Waals surface area contributed by atoms with Crippen LogP contribution in [-0.4, -0.2) is 35.1 Å². The summed E-state index contributed by atoms with van der Waals surface area (Å²) in [6.45, 7) is 2.75. The lowest BCUT2D eigenvalue weighted by Crippen LogP contribution is -2.35. The number of thiazole rings is 2. The number of aryl methyl sites for hydroxylation is 1. The maximum absolute atomic E-state index is 13.2. The van der Waals surface area contributed by atoms with Crippen LogP contribution in [0.3, 0.4) is 0 Å². The van der Waals surface area contributed by atoms with Crippen molar-refractivity contribution in [2.75, 3.05) is 11.9 Å². The zero-order valence-electron chi connectivity index (χ0n) is 18.7. The van der Waals surface area contributed by atoms with Crippen molar-refractivity contribution in [1.82, 2.24) is 14.3 Å². The molecule has 0 aliphatic carbocycles. The highest BCUT2D eigenvalue weighted by atomic mass is 32.2. The summed E-state index contributed by atoms with van der Waals surface area (Å²) in [5.74, 6) is -0.336. The number of hydrogen-bond acceptors (Lipinski definition) is 7. The third kappa shape index (κ3) is 4.02. The molecular formula is C25H20N4O3S3. The molecule has 0 atom stereocenters. The Hall–Kier alpha value is -3.18. The summed E-state index contributed by atoms with van der Waals surface area (Å²) in [4.78, 5) is 22.1. The predicted octanol–water partition coefficient (Wildman–Crippen LogP) is 5.21. The van der Waals surface area contributed by atoms with Crippen molar-refractivity contribution in [3.05, 3.63) is 82.4 Å². The molecule has 2 aromatic heterocycles. The highest BCUT2D eigenvalue weighted by Crippen LogP contribution is 2.36. The highest BCUT2D eigenvalue weighted by molar-refractivity contribution is 7.89. The second-order valence-electron chi connectivity index (χ2n) is 8.35. The van der Waals surface area contributed by atoms with Crippen molar-refractivity contribution in [1.29, 1.82) is 0 Å². The number of aromatic nitrogens is 2. The normalized spacial score (nSPS) is 14.3. The first kappa shape index (κ1) is 22.3. The van der Waals surface area contributed by atoms with Crippen LogP contribution < -0.4 is 5.32 Å². The summed E-state index contributed by atoms with van der Waals surface area (Å²) in [6, 6.07) is 17.8. The molecule has 176 valence electrons. The summed E-state index contributed by atoms with van der Waals surface area (Å²) < 4.78 is 29.9. The van der Waals surface area contributed by atoms with Gasteiger partial charge >= 0.3 is 0 Å². The van der Waals surface area contributed by atoms with Crippen LogP contribution in [0.1, 0.15) is 26.5 Å². The summed E-state index contributed by atoms with van der Waals surface area (Å²) >= 11 is 3.02. The predicted molar refractivity (Wildman–Crippen MR) is 140 cm³/mol. The van der Waals surface area contributed by atoms with Gasteiger partial charge in [-0.05, 0) is 60.9 Å². The summed E-state index contributed by atoms with van der Waals surface area (Å²) in [6.07, 6.45) is 0.686. The highest BCUT2D eigenvalue weighted by Gasteiger charge is 2.28. The molecule has 1 aliphatic rings. The first-order chi connectivity index (χ1) is 16.9. The van der Waals surface area contributed by atoms with Gasteiger partial charge in [0.05, 0.1) is 30.3 Å². The molecule has 0 radical (unpaired) electrons. The molecule has 6 rings (SSSR count). The molecule has 3 heterocycles. The molecule has 1 N–H and O–H groups in total. The number of sulfonamides is 1. The number of fused-ring (bicyclic) bond motifs is 4. The van der Waals surface area contributed by atoms with Crippen LogP contribution in [0, 0.1) is 6.92 Å². The van der Waals surface area contributed by atoms with Gasteiger partial charge in [0.1, 0.15) is 0 Å². The van der Waals surface area contributed by atoms with E-state index in [1.54, 1.807) is 11.3 Å². The molecule has 5 aromatic rings. The number of carbonyl (C=O) groups is 1. The standard InChI is InChI=1S/C25H20N4O3S3/c1-15-26-20-10-11-21-23(22(20)33-15)34-25(27-21)28-24(30)17-6-8-19(9-7-17)35(31,32)29-13-12-16-4-2-3-5-18(16)14-29/h2-11H,12-14H2,1H3,(H,27,28,30). The minimum absolute atomic E-state index is 0.177. The lowest BCUT2D eigenvalue weighted by molar-refractivity contribution is 0.102. The third-order valence-corrected chi connectivity index (χ3v) is 10.1. The van der Waals surface area contributed by atoms with Gasteiger partial charge in [-0.2, -0.15) is 4.31 Å². The largest absolute Gasteiger partial charge is 0.298 e. The van der Waals surface area contributed by atoms with Crippen LogP contribution >= 0.6 is 22.7 Å². The van der Waals surface area contributed by atoms with Gasteiger partial charge in [-0.15, -0.1) is 11.3 Å². The monoisotopic (exact) mass is 520 g/mol. The number of nitrogens with zero attached hydrogens (tertiary/aromatic N) is 3. The van der Waals surface area contributed by atoms with Crippen molar-refractivity contribution in [2.45, 2.75) is 24.8 Å². The number of benzene rings is 3. The Morgan fingerprint density at radius 3 is 2.37 bits per heavy atom. The Morgan fingerprint density at radius 1 is 0.914 bits per heavy atom. The molecule has 10 heteroatoms. The zero-order chi connectivity index (χ0) is 24.2. The fourth-order valence-corrected chi connectivity index (χ4v) is 7.73. The second kappa shape index (κ2) is 8.49. The van der Waals surface area contributed by atoms with E-state index in [2.05, 4.69) is 15.3 Å². The molecular weight excluding hydrogens is 501 g/mol. The average Bonchev–Trinajstić information content (AvgIpc) is 3.45. The van der Waals surface area contributed by atoms with E-state index in [-0.39, 0.29) is 10.8 Å². The second-order valence-corrected chi connectivity index (χ2v) is 12.5. The first-order valence-corrected chi connectivity index (χ1v) is 14.1. The van der Waals surface area contributed by atoms with E-state index < -0.39 is 10.0 Å². The van der Waals surface area contributed by atoms with Gasteiger partial charge in [0.2, 0.25) is 10.0 Å². The molecule has 7 nitrogen and oxygen atoms in total. The van der Waals surface area contributed by atoms with Crippen molar-refractivity contribution >= 4 is 64.2 Å². The van der Waals surface area contributed by atoms with Crippen LogP contribution in [0.25, 0.3) is 20.4 Å². The Kier molecular flexibility index (Phi) is 5.41. The fourth-order valence-electron chi connectivity index (χ4n) is 4.31. The number of amides is 1. The van der Waals surface area contributed by atoms with Crippen molar-refractivity contribution in [2.24, 2.45) is 0 Å². The van der Waals surface area contributed by atoms with Crippen LogP contribution in [0.4, 0.5) is 5.13 Å². The summed E-state index contributed by atoms with van der Waals surface area (Å²) in [5.41, 5.74) is 4.32. The Balaban J connectivity index is 1.21. The maximum atomic E-state index is 13.2. The zero-order valence-corrected chi connectivity index (χ0v) is 21.1. The lowest BCUT2D eigenvalue weighted by atomic mass is 10.0. The summed E-state index contributed by atoms with van der Waals surface area (Å²) in [7, 11) is -3.66. The molecule has 0 saturated heterocycles. The molecule has 3 aromatic carbocycles. The van der Waals surface area contributed by atoms with E-state index in [1.807, 2.05) is 43.3 Å². The van der Waals surface area contributed by atoms with Gasteiger partial charge in [-0.3, -0.25) is 10.1 Å². The van der Waals surface area contributed by atoms with Gasteiger partial charge in [0, 0.05) is 18.7 Å². The number of nitrogens with one attached hydrogen (secondary N) is 1. The average molecular weight is 521 g/mol. The van der Waals surface area contributed by atoms with Gasteiger partial charge in [-0.1, -0.05) is 35.6 Å². The number of anilines is 1. The smallest absolute Gasteiger partial charge is 0.257 e. The van der Waals surface area contributed by atoms with E-state index in [9.17, 15) is 13.2 Å². The van der Waals surface area contributed by atoms with Crippen LogP contribution in [0.5, 0.6) is 0 Å². The van der Waals surface area contributed by atoms with Gasteiger partial charge in [0.15, 0.2) is 5.13 Å². The molecule has 0 unspecified atom stereocenters. The van der Waals surface area contributed by atoms with Crippen molar-refractivity contribution in [3.63, 3.8) is 0 Å². The minimum atomic E-state index is -3.66. The van der Waals surface area contributed by atoms with Crippen LogP contribution in [0.15, 0.2) is 65.6 Å². The van der Waals surface area contributed by atoms with E-state index in [0.29, 0.717) is 30.2 Å². The Labute approximate surface area is 210 Å². The molecule has 0 saturated carbocycles. The van der Waals surface area contributed by atoms with Gasteiger partial charge in [0.25, 0.3) is 5.91 Å². The summed E-state index contributed by atoms with van der Waals surface area (Å²) in [5, 5.41) is 4.32. The molecule has 0 spiro atoms. The van der Waals surface area contributed by atoms with Crippen LogP contribution in [-0.2, 0) is 23.0 Å². The van der Waals surface area contributed by atoms with E-state index >= 15 is 0 Å².